The van der Waals surface area contributed by atoms with Crippen molar-refractivity contribution in [2.45, 2.75) is 20.4 Å². The molecule has 0 spiro atoms. The standard InChI is InChI=1S/C16H17N3O/c1-10-5-12(6-11(2)16(10)20)8-17-14-4-3-13-9-18-19-15(13)7-14/h3-7,9,17,20H,8H2,1-2H3,(H,18,19). The van der Waals surface area contributed by atoms with Gasteiger partial charge in [0.15, 0.2) is 0 Å². The van der Waals surface area contributed by atoms with E-state index in [0.29, 0.717) is 5.75 Å². The molecule has 0 radical (unpaired) electrons. The van der Waals surface area contributed by atoms with Crippen LogP contribution in [0.4, 0.5) is 5.69 Å². The molecule has 20 heavy (non-hydrogen) atoms. The lowest BCUT2D eigenvalue weighted by Crippen LogP contribution is -2.00. The quantitative estimate of drug-likeness (QED) is 0.680. The molecule has 0 atom stereocenters. The van der Waals surface area contributed by atoms with Gasteiger partial charge in [-0.3, -0.25) is 5.10 Å². The van der Waals surface area contributed by atoms with Crippen molar-refractivity contribution in [2.75, 3.05) is 5.32 Å². The number of phenolic OH excluding ortho intramolecular Hbond substituents is 1. The molecule has 0 fully saturated rings. The van der Waals surface area contributed by atoms with Gasteiger partial charge in [-0.2, -0.15) is 5.10 Å². The first-order valence-corrected chi connectivity index (χ1v) is 6.59. The van der Waals surface area contributed by atoms with Crippen molar-refractivity contribution in [3.05, 3.63) is 53.2 Å². The summed E-state index contributed by atoms with van der Waals surface area (Å²) >= 11 is 0. The second-order valence-corrected chi connectivity index (χ2v) is 5.10. The van der Waals surface area contributed by atoms with Crippen LogP contribution >= 0.6 is 0 Å². The summed E-state index contributed by atoms with van der Waals surface area (Å²) in [5.74, 6) is 0.382. The van der Waals surface area contributed by atoms with Crippen LogP contribution < -0.4 is 5.32 Å². The number of nitrogens with zero attached hydrogens (tertiary/aromatic N) is 1. The van der Waals surface area contributed by atoms with Crippen LogP contribution in [0.1, 0.15) is 16.7 Å². The molecule has 0 aliphatic rings. The molecule has 3 rings (SSSR count). The second kappa shape index (κ2) is 4.89. The topological polar surface area (TPSA) is 60.9 Å². The first-order valence-electron chi connectivity index (χ1n) is 6.59. The molecule has 3 aromatic rings. The summed E-state index contributed by atoms with van der Waals surface area (Å²) in [5.41, 5.74) is 5.04. The Morgan fingerprint density at radius 3 is 2.65 bits per heavy atom. The number of aromatic amines is 1. The predicted octanol–water partition coefficient (Wildman–Crippen LogP) is 3.50. The number of fused-ring (bicyclic) bond motifs is 1. The minimum atomic E-state index is 0.382. The highest BCUT2D eigenvalue weighted by atomic mass is 16.3. The van der Waals surface area contributed by atoms with Crippen molar-refractivity contribution < 1.29 is 5.11 Å². The molecular weight excluding hydrogens is 250 g/mol. The summed E-state index contributed by atoms with van der Waals surface area (Å²) in [6.45, 7) is 4.56. The summed E-state index contributed by atoms with van der Waals surface area (Å²) in [6, 6.07) is 10.1. The van der Waals surface area contributed by atoms with E-state index in [9.17, 15) is 5.11 Å². The highest BCUT2D eigenvalue weighted by molar-refractivity contribution is 5.81. The number of aryl methyl sites for hydroxylation is 2. The molecule has 102 valence electrons. The molecule has 0 aliphatic carbocycles. The monoisotopic (exact) mass is 267 g/mol. The number of aromatic hydroxyl groups is 1. The van der Waals surface area contributed by atoms with Crippen LogP contribution in [0.5, 0.6) is 5.75 Å². The Hall–Kier alpha value is -2.49. The summed E-state index contributed by atoms with van der Waals surface area (Å²) < 4.78 is 0. The molecule has 2 aromatic carbocycles. The number of rotatable bonds is 3. The third-order valence-corrected chi connectivity index (χ3v) is 3.49. The van der Waals surface area contributed by atoms with E-state index in [1.54, 1.807) is 0 Å². The summed E-state index contributed by atoms with van der Waals surface area (Å²) in [4.78, 5) is 0. The Morgan fingerprint density at radius 2 is 1.90 bits per heavy atom. The molecule has 4 heteroatoms. The van der Waals surface area contributed by atoms with Gasteiger partial charge >= 0.3 is 0 Å². The van der Waals surface area contributed by atoms with Gasteiger partial charge in [-0.15, -0.1) is 0 Å². The molecule has 0 bridgehead atoms. The van der Waals surface area contributed by atoms with E-state index in [2.05, 4.69) is 15.5 Å². The van der Waals surface area contributed by atoms with Crippen LogP contribution in [0.25, 0.3) is 10.9 Å². The number of H-pyrrole nitrogens is 1. The maximum absolute atomic E-state index is 9.78. The number of anilines is 1. The molecule has 1 aromatic heterocycles. The van der Waals surface area contributed by atoms with E-state index >= 15 is 0 Å². The summed E-state index contributed by atoms with van der Waals surface area (Å²) in [7, 11) is 0. The first-order chi connectivity index (χ1) is 9.63. The highest BCUT2D eigenvalue weighted by Crippen LogP contribution is 2.24. The van der Waals surface area contributed by atoms with Gasteiger partial charge < -0.3 is 10.4 Å². The largest absolute Gasteiger partial charge is 0.507 e. The Balaban J connectivity index is 1.78. The fraction of sp³-hybridized carbons (Fsp3) is 0.188. The lowest BCUT2D eigenvalue weighted by molar-refractivity contribution is 0.466. The second-order valence-electron chi connectivity index (χ2n) is 5.10. The maximum atomic E-state index is 9.78. The smallest absolute Gasteiger partial charge is 0.121 e. The molecule has 0 unspecified atom stereocenters. The Labute approximate surface area is 117 Å². The number of benzene rings is 2. The third kappa shape index (κ3) is 2.32. The van der Waals surface area contributed by atoms with E-state index in [1.165, 1.54) is 0 Å². The molecule has 3 N–H and O–H groups in total. The third-order valence-electron chi connectivity index (χ3n) is 3.49. The van der Waals surface area contributed by atoms with Gasteiger partial charge in [-0.05, 0) is 48.7 Å². The van der Waals surface area contributed by atoms with Crippen molar-refractivity contribution in [3.8, 4) is 5.75 Å². The average Bonchev–Trinajstić information content (AvgIpc) is 2.89. The van der Waals surface area contributed by atoms with Crippen LogP contribution in [-0.4, -0.2) is 15.3 Å². The Kier molecular flexibility index (Phi) is 3.06. The molecule has 0 amide bonds. The maximum Gasteiger partial charge on any atom is 0.121 e. The normalized spacial score (nSPS) is 10.9. The van der Waals surface area contributed by atoms with Crippen LogP contribution in [0.2, 0.25) is 0 Å². The van der Waals surface area contributed by atoms with Gasteiger partial charge in [0.05, 0.1) is 11.7 Å². The van der Waals surface area contributed by atoms with Crippen molar-refractivity contribution in [1.82, 2.24) is 10.2 Å². The van der Waals surface area contributed by atoms with E-state index in [1.807, 2.05) is 50.4 Å². The van der Waals surface area contributed by atoms with Crippen molar-refractivity contribution in [3.63, 3.8) is 0 Å². The van der Waals surface area contributed by atoms with Gasteiger partial charge in [0.25, 0.3) is 0 Å². The fourth-order valence-corrected chi connectivity index (χ4v) is 2.40. The molecule has 0 aliphatic heterocycles. The number of aromatic nitrogens is 2. The zero-order chi connectivity index (χ0) is 14.1. The van der Waals surface area contributed by atoms with E-state index < -0.39 is 0 Å². The lowest BCUT2D eigenvalue weighted by atomic mass is 10.1. The number of nitrogens with one attached hydrogen (secondary N) is 2. The van der Waals surface area contributed by atoms with Crippen LogP contribution in [0.15, 0.2) is 36.5 Å². The van der Waals surface area contributed by atoms with E-state index in [0.717, 1.165) is 39.8 Å². The molecule has 4 nitrogen and oxygen atoms in total. The summed E-state index contributed by atoms with van der Waals surface area (Å²) in [6.07, 6.45) is 1.81. The van der Waals surface area contributed by atoms with E-state index in [-0.39, 0.29) is 0 Å². The molecular formula is C16H17N3O. The predicted molar refractivity (Wildman–Crippen MR) is 81.0 cm³/mol. The average molecular weight is 267 g/mol. The van der Waals surface area contributed by atoms with Gasteiger partial charge in [0.2, 0.25) is 0 Å². The molecule has 1 heterocycles. The lowest BCUT2D eigenvalue weighted by Gasteiger charge is -2.10. The van der Waals surface area contributed by atoms with Gasteiger partial charge in [-0.25, -0.2) is 0 Å². The van der Waals surface area contributed by atoms with Crippen LogP contribution in [0.3, 0.4) is 0 Å². The fourth-order valence-electron chi connectivity index (χ4n) is 2.40. The van der Waals surface area contributed by atoms with Crippen molar-refractivity contribution >= 4 is 16.6 Å². The van der Waals surface area contributed by atoms with Crippen molar-refractivity contribution in [2.24, 2.45) is 0 Å². The number of hydrogen-bond donors (Lipinski definition) is 3. The minimum Gasteiger partial charge on any atom is -0.507 e. The number of hydrogen-bond acceptors (Lipinski definition) is 3. The molecule has 0 saturated heterocycles. The summed E-state index contributed by atoms with van der Waals surface area (Å²) in [5, 5.41) is 21.2. The minimum absolute atomic E-state index is 0.382. The van der Waals surface area contributed by atoms with Gasteiger partial charge in [0, 0.05) is 17.6 Å². The SMILES string of the molecule is Cc1cc(CNc2ccc3cn[nH]c3c2)cc(C)c1O. The highest BCUT2D eigenvalue weighted by Gasteiger charge is 2.04. The van der Waals surface area contributed by atoms with Crippen LogP contribution in [0, 0.1) is 13.8 Å². The van der Waals surface area contributed by atoms with Crippen LogP contribution in [-0.2, 0) is 6.54 Å². The number of phenols is 1. The first kappa shape index (κ1) is 12.5. The zero-order valence-corrected chi connectivity index (χ0v) is 11.6. The van der Waals surface area contributed by atoms with Crippen molar-refractivity contribution in [1.29, 1.82) is 0 Å². The van der Waals surface area contributed by atoms with Gasteiger partial charge in [0.1, 0.15) is 5.75 Å². The van der Waals surface area contributed by atoms with E-state index in [4.69, 9.17) is 0 Å². The Bertz CT molecular complexity index is 738. The Morgan fingerprint density at radius 1 is 1.15 bits per heavy atom. The molecule has 0 saturated carbocycles. The zero-order valence-electron chi connectivity index (χ0n) is 11.6. The van der Waals surface area contributed by atoms with Gasteiger partial charge in [-0.1, -0.05) is 12.1 Å².